The summed E-state index contributed by atoms with van der Waals surface area (Å²) in [5.41, 5.74) is -0.701. The maximum atomic E-state index is 12.1. The van der Waals surface area contributed by atoms with Gasteiger partial charge in [0.15, 0.2) is 0 Å². The minimum atomic E-state index is -0.353. The van der Waals surface area contributed by atoms with Crippen LogP contribution in [0.2, 0.25) is 0 Å². The van der Waals surface area contributed by atoms with E-state index in [4.69, 9.17) is 7.85 Å². The summed E-state index contributed by atoms with van der Waals surface area (Å²) in [5.74, 6) is 0. The molecule has 0 amide bonds. The Kier molecular flexibility index (Phi) is 4.33. The smallest absolute Gasteiger partial charge is 0.272 e. The summed E-state index contributed by atoms with van der Waals surface area (Å²) in [6, 6.07) is 7.29. The first-order valence-electron chi connectivity index (χ1n) is 6.18. The van der Waals surface area contributed by atoms with Crippen LogP contribution in [0.25, 0.3) is 12.2 Å². The molecule has 2 N–H and O–H groups in total. The zero-order valence-corrected chi connectivity index (χ0v) is 14.3. The molecule has 2 radical (unpaired) electrons. The molecule has 8 heteroatoms. The molecule has 3 aromatic rings. The SMILES string of the molecule is [B]c1ccc(/C=c2/[nH]c(=O)/c(=C\c3ccc(Br)s3)[nH]c2=O)s1. The van der Waals surface area contributed by atoms with Crippen molar-refractivity contribution in [2.75, 3.05) is 0 Å². The Hall–Kier alpha value is -1.64. The summed E-state index contributed by atoms with van der Waals surface area (Å²) in [6.07, 6.45) is 3.25. The number of hydrogen-bond acceptors (Lipinski definition) is 4. The van der Waals surface area contributed by atoms with Crippen LogP contribution >= 0.6 is 38.6 Å². The van der Waals surface area contributed by atoms with Gasteiger partial charge in [-0.15, -0.1) is 11.3 Å². The number of aromatic nitrogens is 2. The van der Waals surface area contributed by atoms with Crippen LogP contribution in [-0.4, -0.2) is 17.8 Å². The van der Waals surface area contributed by atoms with Crippen molar-refractivity contribution in [2.45, 2.75) is 0 Å². The Bertz CT molecular complexity index is 975. The topological polar surface area (TPSA) is 65.7 Å². The summed E-state index contributed by atoms with van der Waals surface area (Å²) in [7, 11) is 5.65. The largest absolute Gasteiger partial charge is 0.316 e. The summed E-state index contributed by atoms with van der Waals surface area (Å²) >= 11 is 6.17. The third kappa shape index (κ3) is 3.40. The van der Waals surface area contributed by atoms with E-state index in [1.807, 2.05) is 12.1 Å². The van der Waals surface area contributed by atoms with Gasteiger partial charge in [0.1, 0.15) is 18.5 Å². The molecule has 0 aliphatic rings. The standard InChI is InChI=1S/C14H8BBrN2O2S2/c15-11-3-1-7(21-11)5-9-13(19)18-10(14(20)17-9)6-8-2-4-12(16)22-8/h1-6H,(H,17,20)(H,18,19)/b9-5+,10-6+. The van der Waals surface area contributed by atoms with Crippen LogP contribution in [0.5, 0.6) is 0 Å². The second kappa shape index (κ2) is 6.24. The monoisotopic (exact) mass is 390 g/mol. The molecule has 3 heterocycles. The molecular formula is C14H8BBrN2O2S2. The van der Waals surface area contributed by atoms with E-state index in [2.05, 4.69) is 25.9 Å². The average molecular weight is 391 g/mol. The van der Waals surface area contributed by atoms with Gasteiger partial charge in [0.05, 0.1) is 3.79 Å². The quantitative estimate of drug-likeness (QED) is 0.622. The summed E-state index contributed by atoms with van der Waals surface area (Å²) in [5, 5.41) is 0.429. The van der Waals surface area contributed by atoms with Crippen LogP contribution in [-0.2, 0) is 0 Å². The van der Waals surface area contributed by atoms with Crippen LogP contribution in [0.3, 0.4) is 0 Å². The first kappa shape index (κ1) is 15.3. The van der Waals surface area contributed by atoms with Crippen LogP contribution in [0.15, 0.2) is 37.6 Å². The maximum absolute atomic E-state index is 12.1. The lowest BCUT2D eigenvalue weighted by Gasteiger charge is -1.90. The molecule has 22 heavy (non-hydrogen) atoms. The molecule has 0 spiro atoms. The molecule has 0 bridgehead atoms. The minimum Gasteiger partial charge on any atom is -0.316 e. The molecule has 0 aromatic carbocycles. The van der Waals surface area contributed by atoms with E-state index in [0.717, 1.165) is 13.5 Å². The van der Waals surface area contributed by atoms with E-state index in [1.165, 1.54) is 22.7 Å². The lowest BCUT2D eigenvalue weighted by molar-refractivity contribution is 1.00. The van der Waals surface area contributed by atoms with E-state index >= 15 is 0 Å². The van der Waals surface area contributed by atoms with E-state index in [0.29, 0.717) is 4.78 Å². The molecule has 0 saturated heterocycles. The van der Waals surface area contributed by atoms with Gasteiger partial charge in [0.2, 0.25) is 0 Å². The summed E-state index contributed by atoms with van der Waals surface area (Å²) < 4.78 is 1.61. The molecule has 0 saturated carbocycles. The Morgan fingerprint density at radius 3 is 1.91 bits per heavy atom. The van der Waals surface area contributed by atoms with Crippen molar-refractivity contribution in [3.8, 4) is 0 Å². The summed E-state index contributed by atoms with van der Waals surface area (Å²) in [4.78, 5) is 31.1. The highest BCUT2D eigenvalue weighted by Crippen LogP contribution is 2.22. The van der Waals surface area contributed by atoms with Crippen molar-refractivity contribution >= 4 is 63.4 Å². The predicted octanol–water partition coefficient (Wildman–Crippen LogP) is 0.400. The fourth-order valence-corrected chi connectivity index (χ4v) is 3.92. The molecule has 108 valence electrons. The first-order valence-corrected chi connectivity index (χ1v) is 8.60. The van der Waals surface area contributed by atoms with Gasteiger partial charge in [-0.2, -0.15) is 11.3 Å². The van der Waals surface area contributed by atoms with Crippen molar-refractivity contribution in [1.82, 2.24) is 9.97 Å². The predicted molar refractivity (Wildman–Crippen MR) is 95.8 cm³/mol. The van der Waals surface area contributed by atoms with E-state index in [9.17, 15) is 9.59 Å². The van der Waals surface area contributed by atoms with Gasteiger partial charge in [0.25, 0.3) is 11.1 Å². The molecule has 0 atom stereocenters. The zero-order valence-electron chi connectivity index (χ0n) is 11.1. The second-order valence-electron chi connectivity index (χ2n) is 4.41. The molecule has 0 aliphatic heterocycles. The van der Waals surface area contributed by atoms with Gasteiger partial charge in [-0.05, 0) is 51.1 Å². The molecule has 3 aromatic heterocycles. The molecule has 4 nitrogen and oxygen atoms in total. The van der Waals surface area contributed by atoms with Gasteiger partial charge < -0.3 is 9.97 Å². The summed E-state index contributed by atoms with van der Waals surface area (Å²) in [6.45, 7) is 0. The lowest BCUT2D eigenvalue weighted by Crippen LogP contribution is -2.46. The molecular weight excluding hydrogens is 383 g/mol. The first-order chi connectivity index (χ1) is 10.5. The Morgan fingerprint density at radius 2 is 1.45 bits per heavy atom. The maximum Gasteiger partial charge on any atom is 0.272 e. The highest BCUT2D eigenvalue weighted by molar-refractivity contribution is 9.11. The normalized spacial score (nSPS) is 13.0. The molecule has 0 aliphatic carbocycles. The number of nitrogens with one attached hydrogen (secondary N) is 2. The Balaban J connectivity index is 2.13. The number of hydrogen-bond donors (Lipinski definition) is 2. The highest BCUT2D eigenvalue weighted by atomic mass is 79.9. The minimum absolute atomic E-state index is 0.205. The third-order valence-corrected chi connectivity index (χ3v) is 5.23. The molecule has 0 fully saturated rings. The second-order valence-corrected chi connectivity index (χ2v) is 8.05. The van der Waals surface area contributed by atoms with Gasteiger partial charge in [0, 0.05) is 9.75 Å². The number of H-pyrrole nitrogens is 2. The Labute approximate surface area is 142 Å². The van der Waals surface area contributed by atoms with E-state index < -0.39 is 0 Å². The Morgan fingerprint density at radius 1 is 0.909 bits per heavy atom. The van der Waals surface area contributed by atoms with Crippen molar-refractivity contribution in [3.63, 3.8) is 0 Å². The van der Waals surface area contributed by atoms with Gasteiger partial charge >= 0.3 is 0 Å². The fraction of sp³-hybridized carbons (Fsp3) is 0. The van der Waals surface area contributed by atoms with Crippen molar-refractivity contribution in [2.24, 2.45) is 0 Å². The van der Waals surface area contributed by atoms with Gasteiger partial charge in [-0.1, -0.05) is 6.07 Å². The number of thiophene rings is 2. The third-order valence-electron chi connectivity index (χ3n) is 2.80. The van der Waals surface area contributed by atoms with Crippen molar-refractivity contribution in [3.05, 3.63) is 69.2 Å². The number of rotatable bonds is 2. The van der Waals surface area contributed by atoms with Gasteiger partial charge in [-0.25, -0.2) is 0 Å². The highest BCUT2D eigenvalue weighted by Gasteiger charge is 1.99. The van der Waals surface area contributed by atoms with Crippen molar-refractivity contribution < 1.29 is 0 Å². The number of halogens is 1. The van der Waals surface area contributed by atoms with Crippen LogP contribution in [0, 0.1) is 0 Å². The molecule has 3 rings (SSSR count). The average Bonchev–Trinajstić information content (AvgIpc) is 3.04. The fourth-order valence-electron chi connectivity index (χ4n) is 1.83. The zero-order chi connectivity index (χ0) is 15.7. The van der Waals surface area contributed by atoms with Crippen molar-refractivity contribution in [1.29, 1.82) is 0 Å². The van der Waals surface area contributed by atoms with E-state index in [1.54, 1.807) is 24.3 Å². The molecule has 0 unspecified atom stereocenters. The van der Waals surface area contributed by atoms with Crippen LogP contribution < -0.4 is 26.6 Å². The van der Waals surface area contributed by atoms with Gasteiger partial charge in [-0.3, -0.25) is 9.59 Å². The van der Waals surface area contributed by atoms with Crippen LogP contribution in [0.1, 0.15) is 9.75 Å². The number of aromatic amines is 2. The lowest BCUT2D eigenvalue weighted by atomic mass is 10.1. The van der Waals surface area contributed by atoms with E-state index in [-0.39, 0.29) is 21.8 Å². The van der Waals surface area contributed by atoms with Crippen LogP contribution in [0.4, 0.5) is 0 Å².